The number of fused-ring (bicyclic) bond motifs is 1. The van der Waals surface area contributed by atoms with Crippen molar-refractivity contribution in [3.05, 3.63) is 54.4 Å². The quantitative estimate of drug-likeness (QED) is 0.303. The Kier molecular flexibility index (Phi) is 9.39. The number of hydrogen-bond donors (Lipinski definition) is 1. The zero-order valence-electron chi connectivity index (χ0n) is 27.5. The number of carbonyl (C=O) groups is 1. The van der Waals surface area contributed by atoms with Gasteiger partial charge in [0.05, 0.1) is 24.4 Å². The molecule has 3 saturated heterocycles. The van der Waals surface area contributed by atoms with E-state index in [4.69, 9.17) is 9.72 Å². The molecular weight excluding hydrogens is 621 g/mol. The molecule has 0 bridgehead atoms. The topological polar surface area (TPSA) is 121 Å². The molecule has 2 aromatic heterocycles. The number of pyridine rings is 1. The summed E-state index contributed by atoms with van der Waals surface area (Å²) in [7, 11) is -1.55. The SMILES string of the molecule is C=CC(=O)N1CCC[C@H]1c1cc(N2CC(CS(C)(=O)=O)C2)c2cnc(Nc3ccnc(N4CC[C@@H](OC)[C@@H](F)C4)n3)cc2c1C(C)C. The van der Waals surface area contributed by atoms with Crippen molar-refractivity contribution in [3.63, 3.8) is 0 Å². The highest BCUT2D eigenvalue weighted by Gasteiger charge is 2.36. The number of carbonyl (C=O) groups excluding carboxylic acids is 1. The van der Waals surface area contributed by atoms with Gasteiger partial charge in [-0.2, -0.15) is 4.98 Å². The second kappa shape index (κ2) is 13.3. The molecule has 11 nitrogen and oxygen atoms in total. The lowest BCUT2D eigenvalue weighted by Gasteiger charge is -2.42. The van der Waals surface area contributed by atoms with Gasteiger partial charge in [-0.25, -0.2) is 22.8 Å². The molecule has 0 saturated carbocycles. The van der Waals surface area contributed by atoms with E-state index >= 15 is 0 Å². The van der Waals surface area contributed by atoms with Crippen LogP contribution < -0.4 is 15.1 Å². The monoisotopic (exact) mass is 665 g/mol. The normalized spacial score (nSPS) is 22.2. The molecule has 3 aliphatic rings. The van der Waals surface area contributed by atoms with Crippen LogP contribution in [-0.2, 0) is 19.4 Å². The lowest BCUT2D eigenvalue weighted by atomic mass is 9.85. The van der Waals surface area contributed by atoms with Crippen LogP contribution in [0.4, 0.5) is 27.7 Å². The van der Waals surface area contributed by atoms with E-state index in [2.05, 4.69) is 46.7 Å². The third kappa shape index (κ3) is 6.92. The first-order valence-corrected chi connectivity index (χ1v) is 18.4. The number of piperidine rings is 1. The maximum Gasteiger partial charge on any atom is 0.246 e. The van der Waals surface area contributed by atoms with Gasteiger partial charge in [-0.15, -0.1) is 0 Å². The molecule has 252 valence electrons. The van der Waals surface area contributed by atoms with Gasteiger partial charge in [-0.1, -0.05) is 20.4 Å². The highest BCUT2D eigenvalue weighted by atomic mass is 32.2. The molecule has 5 heterocycles. The van der Waals surface area contributed by atoms with Crippen molar-refractivity contribution in [1.82, 2.24) is 19.9 Å². The van der Waals surface area contributed by atoms with Crippen molar-refractivity contribution in [2.24, 2.45) is 5.92 Å². The Morgan fingerprint density at radius 2 is 1.91 bits per heavy atom. The molecular formula is C34H44FN7O4S. The minimum absolute atomic E-state index is 0.0624. The summed E-state index contributed by atoms with van der Waals surface area (Å²) < 4.78 is 43.9. The van der Waals surface area contributed by atoms with Crippen LogP contribution >= 0.6 is 0 Å². The number of aromatic nitrogens is 3. The molecule has 0 radical (unpaired) electrons. The van der Waals surface area contributed by atoms with E-state index in [9.17, 15) is 17.6 Å². The van der Waals surface area contributed by atoms with Crippen molar-refractivity contribution >= 4 is 49.8 Å². The van der Waals surface area contributed by atoms with Gasteiger partial charge in [0.15, 0.2) is 0 Å². The highest BCUT2D eigenvalue weighted by molar-refractivity contribution is 7.90. The second-order valence-corrected chi connectivity index (χ2v) is 15.5. The van der Waals surface area contributed by atoms with Crippen molar-refractivity contribution in [2.75, 3.05) is 67.0 Å². The summed E-state index contributed by atoms with van der Waals surface area (Å²) in [6, 6.07) is 5.90. The number of sulfone groups is 1. The van der Waals surface area contributed by atoms with E-state index in [1.165, 1.54) is 19.4 Å². The van der Waals surface area contributed by atoms with E-state index in [-0.39, 0.29) is 36.1 Å². The van der Waals surface area contributed by atoms with Crippen LogP contribution in [-0.4, -0.2) is 98.3 Å². The van der Waals surface area contributed by atoms with Gasteiger partial charge >= 0.3 is 0 Å². The molecule has 0 unspecified atom stereocenters. The summed E-state index contributed by atoms with van der Waals surface area (Å²) in [5.74, 6) is 1.86. The summed E-state index contributed by atoms with van der Waals surface area (Å²) in [5, 5.41) is 5.33. The Balaban J connectivity index is 1.38. The van der Waals surface area contributed by atoms with Crippen LogP contribution in [0, 0.1) is 5.92 Å². The van der Waals surface area contributed by atoms with E-state index in [1.54, 1.807) is 12.3 Å². The van der Waals surface area contributed by atoms with Gasteiger partial charge in [-0.05, 0) is 66.0 Å². The van der Waals surface area contributed by atoms with Gasteiger partial charge in [0.1, 0.15) is 27.6 Å². The minimum atomic E-state index is -3.08. The van der Waals surface area contributed by atoms with Crippen molar-refractivity contribution in [3.8, 4) is 0 Å². The number of nitrogens with one attached hydrogen (secondary N) is 1. The van der Waals surface area contributed by atoms with Gasteiger partial charge in [0, 0.05) is 68.9 Å². The van der Waals surface area contributed by atoms with Crippen LogP contribution in [0.5, 0.6) is 0 Å². The van der Waals surface area contributed by atoms with E-state index in [1.807, 2.05) is 22.1 Å². The number of amides is 1. The zero-order valence-corrected chi connectivity index (χ0v) is 28.3. The third-order valence-corrected chi connectivity index (χ3v) is 10.6. The summed E-state index contributed by atoms with van der Waals surface area (Å²) in [4.78, 5) is 32.8. The molecule has 3 aromatic rings. The predicted molar refractivity (Wildman–Crippen MR) is 183 cm³/mol. The fourth-order valence-electron chi connectivity index (χ4n) is 7.39. The average molecular weight is 666 g/mol. The Labute approximate surface area is 276 Å². The zero-order chi connectivity index (χ0) is 33.5. The van der Waals surface area contributed by atoms with E-state index in [0.29, 0.717) is 50.2 Å². The predicted octanol–water partition coefficient (Wildman–Crippen LogP) is 4.79. The lowest BCUT2D eigenvalue weighted by Crippen LogP contribution is -2.49. The smallest absolute Gasteiger partial charge is 0.246 e. The van der Waals surface area contributed by atoms with Crippen LogP contribution in [0.15, 0.2) is 43.2 Å². The molecule has 1 N–H and O–H groups in total. The fourth-order valence-corrected chi connectivity index (χ4v) is 8.46. The standard InChI is InChI=1S/C34H44FN7O4S/c1-6-32(43)42-12-7-8-27(42)24-14-28(41-17-22(18-41)20-47(5,44)45)25-16-37-31(15-23(25)33(24)21(2)3)38-30-9-11-36-34(39-30)40-13-10-29(46-4)26(35)19-40/h6,9,11,14-16,21-22,26-27,29H,1,7-8,10,12-13,17-20H2,2-5H3,(H,36,37,38,39)/t26-,27-,29+/m0/s1. The summed E-state index contributed by atoms with van der Waals surface area (Å²) >= 11 is 0. The average Bonchev–Trinajstić information content (AvgIpc) is 3.51. The molecule has 0 spiro atoms. The highest BCUT2D eigenvalue weighted by Crippen LogP contribution is 2.45. The van der Waals surface area contributed by atoms with Crippen molar-refractivity contribution in [2.45, 2.75) is 57.3 Å². The van der Waals surface area contributed by atoms with Crippen molar-refractivity contribution < 1.29 is 22.3 Å². The summed E-state index contributed by atoms with van der Waals surface area (Å²) in [5.41, 5.74) is 3.24. The third-order valence-electron chi connectivity index (χ3n) is 9.52. The summed E-state index contributed by atoms with van der Waals surface area (Å²) in [6.07, 6.45) is 6.94. The number of hydrogen-bond acceptors (Lipinski definition) is 10. The van der Waals surface area contributed by atoms with Crippen molar-refractivity contribution in [1.29, 1.82) is 0 Å². The van der Waals surface area contributed by atoms with E-state index in [0.717, 1.165) is 40.4 Å². The number of likely N-dealkylation sites (tertiary alicyclic amines) is 1. The first-order valence-electron chi connectivity index (χ1n) is 16.3. The maximum atomic E-state index is 14.6. The first-order chi connectivity index (χ1) is 22.5. The first kappa shape index (κ1) is 33.1. The number of nitrogens with zero attached hydrogens (tertiary/aromatic N) is 6. The summed E-state index contributed by atoms with van der Waals surface area (Å²) in [6.45, 7) is 10.8. The van der Waals surface area contributed by atoms with Gasteiger partial charge in [-0.3, -0.25) is 4.79 Å². The number of ether oxygens (including phenoxy) is 1. The molecule has 47 heavy (non-hydrogen) atoms. The molecule has 13 heteroatoms. The number of halogens is 1. The van der Waals surface area contributed by atoms with E-state index < -0.39 is 22.1 Å². The molecule has 1 amide bonds. The van der Waals surface area contributed by atoms with Gasteiger partial charge < -0.3 is 24.8 Å². The largest absolute Gasteiger partial charge is 0.378 e. The molecule has 6 rings (SSSR count). The molecule has 3 aliphatic heterocycles. The van der Waals surface area contributed by atoms with Crippen LogP contribution in [0.25, 0.3) is 10.8 Å². The fraction of sp³-hybridized carbons (Fsp3) is 0.529. The Bertz CT molecular complexity index is 1760. The molecule has 3 atom stereocenters. The van der Waals surface area contributed by atoms with Crippen LogP contribution in [0.1, 0.15) is 56.2 Å². The lowest BCUT2D eigenvalue weighted by molar-refractivity contribution is -0.126. The van der Waals surface area contributed by atoms with Crippen LogP contribution in [0.2, 0.25) is 0 Å². The molecule has 3 fully saturated rings. The minimum Gasteiger partial charge on any atom is -0.378 e. The number of anilines is 4. The molecule has 0 aliphatic carbocycles. The van der Waals surface area contributed by atoms with Crippen LogP contribution in [0.3, 0.4) is 0 Å². The second-order valence-electron chi connectivity index (χ2n) is 13.3. The number of benzene rings is 1. The maximum absolute atomic E-state index is 14.6. The van der Waals surface area contributed by atoms with Gasteiger partial charge in [0.25, 0.3) is 0 Å². The Morgan fingerprint density at radius 3 is 2.60 bits per heavy atom. The number of alkyl halides is 1. The Hall–Kier alpha value is -3.84. The Morgan fingerprint density at radius 1 is 1.13 bits per heavy atom. The molecule has 1 aromatic carbocycles. The van der Waals surface area contributed by atoms with Gasteiger partial charge in [0.2, 0.25) is 11.9 Å². The number of methoxy groups -OCH3 is 1. The number of rotatable bonds is 10.